The summed E-state index contributed by atoms with van der Waals surface area (Å²) in [6.45, 7) is 0. The van der Waals surface area contributed by atoms with Gasteiger partial charge in [0.1, 0.15) is 11.5 Å². The highest BCUT2D eigenvalue weighted by atomic mass is 79.9. The molecule has 0 saturated carbocycles. The van der Waals surface area contributed by atoms with Crippen LogP contribution in [0.15, 0.2) is 82.4 Å². The van der Waals surface area contributed by atoms with Gasteiger partial charge in [-0.3, -0.25) is 4.79 Å². The fraction of sp³-hybridized carbons (Fsp3) is 0.167. The number of hydrogen-bond donors (Lipinski definition) is 0. The summed E-state index contributed by atoms with van der Waals surface area (Å²) < 4.78 is 12.4. The molecule has 0 spiro atoms. The van der Waals surface area contributed by atoms with Crippen molar-refractivity contribution in [3.63, 3.8) is 0 Å². The molecule has 2 heterocycles. The summed E-state index contributed by atoms with van der Waals surface area (Å²) >= 11 is 3.48. The average Bonchev–Trinajstić information content (AvgIpc) is 3.24. The van der Waals surface area contributed by atoms with Crippen molar-refractivity contribution in [2.45, 2.75) is 18.7 Å². The second-order valence-corrected chi connectivity index (χ2v) is 8.17. The molecule has 0 aromatic heterocycles. The number of benzene rings is 3. The van der Waals surface area contributed by atoms with E-state index in [1.54, 1.807) is 31.4 Å². The SMILES string of the molecule is COc1ccc(C(=O)C2Oc3ccccc3C3CC(c4ccc(Br)cc4)=NN23)cc1. The number of para-hydroxylation sites is 1. The van der Waals surface area contributed by atoms with E-state index in [-0.39, 0.29) is 11.8 Å². The van der Waals surface area contributed by atoms with Gasteiger partial charge in [0.15, 0.2) is 0 Å². The van der Waals surface area contributed by atoms with Gasteiger partial charge in [0.05, 0.1) is 18.9 Å². The molecule has 0 bridgehead atoms. The molecule has 2 atom stereocenters. The largest absolute Gasteiger partial charge is 0.497 e. The summed E-state index contributed by atoms with van der Waals surface area (Å²) in [7, 11) is 1.60. The minimum Gasteiger partial charge on any atom is -0.497 e. The van der Waals surface area contributed by atoms with Crippen LogP contribution in [-0.4, -0.2) is 29.8 Å². The molecule has 3 aromatic rings. The Balaban J connectivity index is 1.53. The van der Waals surface area contributed by atoms with E-state index in [1.807, 2.05) is 53.5 Å². The molecule has 0 radical (unpaired) electrons. The molecular weight excluding hydrogens is 444 g/mol. The van der Waals surface area contributed by atoms with Crippen molar-refractivity contribution in [2.75, 3.05) is 7.11 Å². The maximum Gasteiger partial charge on any atom is 0.251 e. The third-order valence-electron chi connectivity index (χ3n) is 5.48. The predicted molar refractivity (Wildman–Crippen MR) is 118 cm³/mol. The highest BCUT2D eigenvalue weighted by Crippen LogP contribution is 2.43. The zero-order valence-corrected chi connectivity index (χ0v) is 17.9. The summed E-state index contributed by atoms with van der Waals surface area (Å²) in [6.07, 6.45) is -0.0970. The first-order valence-electron chi connectivity index (χ1n) is 9.69. The van der Waals surface area contributed by atoms with Crippen molar-refractivity contribution in [1.29, 1.82) is 0 Å². The Morgan fingerprint density at radius 1 is 1.07 bits per heavy atom. The first-order chi connectivity index (χ1) is 14.6. The lowest BCUT2D eigenvalue weighted by Crippen LogP contribution is -2.45. The molecule has 3 aromatic carbocycles. The van der Waals surface area contributed by atoms with E-state index in [1.165, 1.54) is 0 Å². The van der Waals surface area contributed by atoms with E-state index in [9.17, 15) is 4.79 Å². The number of ketones is 1. The Morgan fingerprint density at radius 3 is 2.53 bits per heavy atom. The molecule has 0 N–H and O–H groups in total. The Bertz CT molecular complexity index is 1130. The van der Waals surface area contributed by atoms with Crippen molar-refractivity contribution in [3.8, 4) is 11.5 Å². The Labute approximate surface area is 183 Å². The zero-order valence-electron chi connectivity index (χ0n) is 16.3. The number of halogens is 1. The third kappa shape index (κ3) is 3.27. The fourth-order valence-electron chi connectivity index (χ4n) is 3.92. The highest BCUT2D eigenvalue weighted by molar-refractivity contribution is 9.10. The molecule has 0 fully saturated rings. The standard InChI is InChI=1S/C24H19BrN2O3/c1-29-18-12-8-16(9-13-18)23(28)24-27-21(19-4-2-3-5-22(19)30-24)14-20(26-27)15-6-10-17(25)11-7-15/h2-13,21,24H,14H2,1H3. The normalized spacial score (nSPS) is 19.4. The quantitative estimate of drug-likeness (QED) is 0.499. The first-order valence-corrected chi connectivity index (χ1v) is 10.5. The van der Waals surface area contributed by atoms with Gasteiger partial charge in [-0.2, -0.15) is 5.10 Å². The van der Waals surface area contributed by atoms with Crippen LogP contribution in [0.2, 0.25) is 0 Å². The lowest BCUT2D eigenvalue weighted by molar-refractivity contribution is -0.00455. The molecule has 2 unspecified atom stereocenters. The number of hydrazone groups is 1. The number of methoxy groups -OCH3 is 1. The Morgan fingerprint density at radius 2 is 1.80 bits per heavy atom. The van der Waals surface area contributed by atoms with Gasteiger partial charge in [-0.25, -0.2) is 5.01 Å². The smallest absolute Gasteiger partial charge is 0.251 e. The van der Waals surface area contributed by atoms with Crippen LogP contribution in [0, 0.1) is 0 Å². The van der Waals surface area contributed by atoms with Crippen LogP contribution in [0.4, 0.5) is 0 Å². The number of hydrogen-bond acceptors (Lipinski definition) is 5. The summed E-state index contributed by atoms with van der Waals surface area (Å²) in [5.41, 5.74) is 3.60. The lowest BCUT2D eigenvalue weighted by atomic mass is 9.96. The molecule has 5 nitrogen and oxygen atoms in total. The van der Waals surface area contributed by atoms with Gasteiger partial charge >= 0.3 is 0 Å². The molecule has 30 heavy (non-hydrogen) atoms. The van der Waals surface area contributed by atoms with Gasteiger partial charge in [0.25, 0.3) is 6.23 Å². The Kier molecular flexibility index (Phi) is 4.79. The van der Waals surface area contributed by atoms with Crippen LogP contribution >= 0.6 is 15.9 Å². The van der Waals surface area contributed by atoms with Gasteiger partial charge in [-0.1, -0.05) is 46.3 Å². The molecule has 0 saturated heterocycles. The van der Waals surface area contributed by atoms with Crippen LogP contribution in [0.5, 0.6) is 11.5 Å². The first kappa shape index (κ1) is 18.9. The molecule has 6 heteroatoms. The zero-order chi connectivity index (χ0) is 20.7. The minimum absolute atomic E-state index is 0.0409. The number of rotatable bonds is 4. The van der Waals surface area contributed by atoms with Crippen molar-refractivity contribution < 1.29 is 14.3 Å². The molecule has 2 aliphatic heterocycles. The van der Waals surface area contributed by atoms with E-state index >= 15 is 0 Å². The van der Waals surface area contributed by atoms with Crippen molar-refractivity contribution in [3.05, 3.63) is 94.0 Å². The number of nitrogens with zero attached hydrogens (tertiary/aromatic N) is 2. The van der Waals surface area contributed by atoms with E-state index in [4.69, 9.17) is 14.6 Å². The van der Waals surface area contributed by atoms with Crippen LogP contribution in [0.25, 0.3) is 0 Å². The number of fused-ring (bicyclic) bond motifs is 3. The van der Waals surface area contributed by atoms with Crippen LogP contribution in [0.3, 0.4) is 0 Å². The van der Waals surface area contributed by atoms with Crippen molar-refractivity contribution >= 4 is 27.4 Å². The summed E-state index contributed by atoms with van der Waals surface area (Å²) in [5.74, 6) is 1.31. The van der Waals surface area contributed by atoms with Crippen molar-refractivity contribution in [2.24, 2.45) is 5.10 Å². The Hall–Kier alpha value is -3.12. The third-order valence-corrected chi connectivity index (χ3v) is 6.00. The molecule has 0 amide bonds. The number of Topliss-reactive ketones (excluding diaryl/α,β-unsaturated/α-hetero) is 1. The van der Waals surface area contributed by atoms with Gasteiger partial charge in [-0.05, 0) is 48.0 Å². The van der Waals surface area contributed by atoms with Crippen LogP contribution in [-0.2, 0) is 0 Å². The summed E-state index contributed by atoms with van der Waals surface area (Å²) in [5, 5.41) is 6.65. The predicted octanol–water partition coefficient (Wildman–Crippen LogP) is 5.21. The fourth-order valence-corrected chi connectivity index (χ4v) is 4.19. The van der Waals surface area contributed by atoms with Gasteiger partial charge < -0.3 is 9.47 Å². The van der Waals surface area contributed by atoms with Crippen molar-refractivity contribution in [1.82, 2.24) is 5.01 Å². The van der Waals surface area contributed by atoms with Crippen LogP contribution in [0.1, 0.15) is 33.9 Å². The van der Waals surface area contributed by atoms with Gasteiger partial charge in [0, 0.05) is 22.0 Å². The summed E-state index contributed by atoms with van der Waals surface area (Å²) in [6, 6.07) is 23.0. The van der Waals surface area contributed by atoms with E-state index < -0.39 is 6.23 Å². The second-order valence-electron chi connectivity index (χ2n) is 7.25. The van der Waals surface area contributed by atoms with Gasteiger partial charge in [-0.15, -0.1) is 0 Å². The molecular formula is C24H19BrN2O3. The summed E-state index contributed by atoms with van der Waals surface area (Å²) in [4.78, 5) is 13.4. The second kappa shape index (κ2) is 7.61. The maximum absolute atomic E-state index is 13.4. The molecule has 5 rings (SSSR count). The number of carbonyl (C=O) groups excluding carboxylic acids is 1. The maximum atomic E-state index is 13.4. The number of carbonyl (C=O) groups is 1. The average molecular weight is 463 g/mol. The monoisotopic (exact) mass is 462 g/mol. The highest BCUT2D eigenvalue weighted by Gasteiger charge is 2.43. The lowest BCUT2D eigenvalue weighted by Gasteiger charge is -2.37. The topological polar surface area (TPSA) is 51.1 Å². The van der Waals surface area contributed by atoms with E-state index in [0.717, 1.165) is 27.1 Å². The molecule has 0 aliphatic carbocycles. The van der Waals surface area contributed by atoms with E-state index in [0.29, 0.717) is 17.7 Å². The minimum atomic E-state index is -0.814. The van der Waals surface area contributed by atoms with Crippen LogP contribution < -0.4 is 9.47 Å². The number of ether oxygens (including phenoxy) is 2. The molecule has 2 aliphatic rings. The molecule has 150 valence electrons. The van der Waals surface area contributed by atoms with Gasteiger partial charge in [0.2, 0.25) is 5.78 Å². The van der Waals surface area contributed by atoms with E-state index in [2.05, 4.69) is 15.9 Å².